The third-order valence-electron chi connectivity index (χ3n) is 6.88. The van der Waals surface area contributed by atoms with E-state index in [9.17, 15) is 4.79 Å². The fourth-order valence-corrected chi connectivity index (χ4v) is 5.16. The maximum absolute atomic E-state index is 13.4. The molecule has 2 aliphatic rings. The highest BCUT2D eigenvalue weighted by Crippen LogP contribution is 2.40. The first kappa shape index (κ1) is 20.5. The first-order chi connectivity index (χ1) is 16.6. The summed E-state index contributed by atoms with van der Waals surface area (Å²) in [5.74, 6) is 1.55. The Morgan fingerprint density at radius 3 is 2.71 bits per heavy atom. The number of amides is 1. The van der Waals surface area contributed by atoms with Crippen LogP contribution in [0, 0.1) is 0 Å². The van der Waals surface area contributed by atoms with Crippen molar-refractivity contribution in [3.8, 4) is 22.8 Å². The smallest absolute Gasteiger partial charge is 0.247 e. The second-order valence-electron chi connectivity index (χ2n) is 8.76. The summed E-state index contributed by atoms with van der Waals surface area (Å²) in [5.41, 5.74) is 6.37. The third-order valence-corrected chi connectivity index (χ3v) is 6.88. The molecule has 0 radical (unpaired) electrons. The lowest BCUT2D eigenvalue weighted by Gasteiger charge is -2.34. The molecule has 0 saturated heterocycles. The van der Waals surface area contributed by atoms with Gasteiger partial charge in [0.2, 0.25) is 12.7 Å². The molecule has 34 heavy (non-hydrogen) atoms. The molecule has 2 aromatic carbocycles. The van der Waals surface area contributed by atoms with Crippen LogP contribution in [0.15, 0.2) is 66.9 Å². The minimum absolute atomic E-state index is 0.00396. The molecule has 2 aliphatic heterocycles. The Labute approximate surface area is 198 Å². The second kappa shape index (κ2) is 8.06. The Morgan fingerprint density at radius 2 is 1.88 bits per heavy atom. The normalized spacial score (nSPS) is 16.9. The summed E-state index contributed by atoms with van der Waals surface area (Å²) in [7, 11) is 2.02. The molecule has 0 spiro atoms. The van der Waals surface area contributed by atoms with Crippen LogP contribution in [0.1, 0.15) is 29.7 Å². The number of pyridine rings is 1. The van der Waals surface area contributed by atoms with Crippen LogP contribution in [0.3, 0.4) is 0 Å². The van der Waals surface area contributed by atoms with Gasteiger partial charge in [0.15, 0.2) is 11.5 Å². The van der Waals surface area contributed by atoms with Crippen molar-refractivity contribution in [3.63, 3.8) is 0 Å². The van der Waals surface area contributed by atoms with Gasteiger partial charge in [-0.1, -0.05) is 30.3 Å². The molecular weight excluding hydrogens is 426 g/mol. The van der Waals surface area contributed by atoms with E-state index >= 15 is 0 Å². The number of carbonyl (C=O) groups excluding carboxylic acids is 1. The van der Waals surface area contributed by atoms with Crippen LogP contribution in [0.25, 0.3) is 28.4 Å². The number of hydrogen-bond donors (Lipinski definition) is 0. The van der Waals surface area contributed by atoms with Gasteiger partial charge in [-0.05, 0) is 60.4 Å². The van der Waals surface area contributed by atoms with Crippen LogP contribution in [0.5, 0.6) is 11.5 Å². The molecule has 0 N–H and O–H groups in total. The summed E-state index contributed by atoms with van der Waals surface area (Å²) in [4.78, 5) is 19.9. The van der Waals surface area contributed by atoms with Crippen molar-refractivity contribution in [2.24, 2.45) is 7.05 Å². The number of rotatable bonds is 3. The molecule has 4 aromatic rings. The highest BCUT2D eigenvalue weighted by Gasteiger charge is 2.29. The van der Waals surface area contributed by atoms with Crippen molar-refractivity contribution in [2.45, 2.75) is 19.4 Å². The highest BCUT2D eigenvalue weighted by molar-refractivity contribution is 6.00. The Kier molecular flexibility index (Phi) is 4.87. The van der Waals surface area contributed by atoms with E-state index in [1.165, 1.54) is 5.56 Å². The molecule has 6 rings (SSSR count). The van der Waals surface area contributed by atoms with Gasteiger partial charge in [-0.25, -0.2) is 4.98 Å². The third kappa shape index (κ3) is 3.25. The number of benzene rings is 2. The van der Waals surface area contributed by atoms with Gasteiger partial charge in [-0.3, -0.25) is 4.79 Å². The molecule has 6 heteroatoms. The van der Waals surface area contributed by atoms with E-state index in [0.29, 0.717) is 6.54 Å². The molecule has 0 bridgehead atoms. The Morgan fingerprint density at radius 1 is 1.09 bits per heavy atom. The number of aromatic nitrogens is 2. The molecule has 2 aromatic heterocycles. The van der Waals surface area contributed by atoms with Gasteiger partial charge in [0.25, 0.3) is 0 Å². The molecule has 1 atom stereocenters. The largest absolute Gasteiger partial charge is 0.454 e. The van der Waals surface area contributed by atoms with E-state index in [2.05, 4.69) is 40.7 Å². The van der Waals surface area contributed by atoms with Crippen molar-refractivity contribution >= 4 is 23.0 Å². The van der Waals surface area contributed by atoms with Crippen LogP contribution in [0.4, 0.5) is 0 Å². The summed E-state index contributed by atoms with van der Waals surface area (Å²) < 4.78 is 13.2. The molecule has 4 heterocycles. The molecule has 6 nitrogen and oxygen atoms in total. The van der Waals surface area contributed by atoms with Crippen LogP contribution < -0.4 is 9.47 Å². The number of aryl methyl sites for hydroxylation is 1. The zero-order valence-corrected chi connectivity index (χ0v) is 19.2. The van der Waals surface area contributed by atoms with Crippen molar-refractivity contribution in [1.82, 2.24) is 14.5 Å². The van der Waals surface area contributed by atoms with Gasteiger partial charge in [-0.2, -0.15) is 0 Å². The Balaban J connectivity index is 1.35. The van der Waals surface area contributed by atoms with Gasteiger partial charge >= 0.3 is 0 Å². The van der Waals surface area contributed by atoms with E-state index in [0.717, 1.165) is 51.3 Å². The molecule has 1 unspecified atom stereocenters. The van der Waals surface area contributed by atoms with Gasteiger partial charge in [-0.15, -0.1) is 0 Å². The van der Waals surface area contributed by atoms with E-state index < -0.39 is 0 Å². The minimum atomic E-state index is -0.0434. The van der Waals surface area contributed by atoms with Gasteiger partial charge in [0.1, 0.15) is 5.65 Å². The van der Waals surface area contributed by atoms with Crippen LogP contribution >= 0.6 is 0 Å². The molecule has 0 fully saturated rings. The monoisotopic (exact) mass is 451 g/mol. The lowest BCUT2D eigenvalue weighted by Crippen LogP contribution is -2.37. The first-order valence-electron chi connectivity index (χ1n) is 11.5. The lowest BCUT2D eigenvalue weighted by atomic mass is 9.92. The topological polar surface area (TPSA) is 56.6 Å². The minimum Gasteiger partial charge on any atom is -0.454 e. The van der Waals surface area contributed by atoms with E-state index in [-0.39, 0.29) is 18.7 Å². The average molecular weight is 452 g/mol. The van der Waals surface area contributed by atoms with Crippen molar-refractivity contribution in [1.29, 1.82) is 0 Å². The zero-order chi connectivity index (χ0) is 23.2. The standard InChI is InChI=1S/C28H25N3O3/c1-18-23-16-25-24(33-17-34-25)15-20(23)12-14-31(18)26(32)11-10-21-22-9-6-13-29-28(22)30(2)27(21)19-7-4-3-5-8-19/h3-11,13,15-16,18H,12,14,17H2,1-2H3. The second-order valence-corrected chi connectivity index (χ2v) is 8.76. The summed E-state index contributed by atoms with van der Waals surface area (Å²) >= 11 is 0. The maximum Gasteiger partial charge on any atom is 0.247 e. The highest BCUT2D eigenvalue weighted by atomic mass is 16.7. The number of hydrogen-bond acceptors (Lipinski definition) is 4. The van der Waals surface area contributed by atoms with E-state index in [1.54, 1.807) is 12.3 Å². The SMILES string of the molecule is CC1c2cc3c(cc2CCN1C(=O)C=Cc1c(-c2ccccc2)n(C)c2ncccc12)OCO3. The number of nitrogens with zero attached hydrogens (tertiary/aromatic N) is 3. The Bertz CT molecular complexity index is 1440. The van der Waals surface area contributed by atoms with Crippen LogP contribution in [-0.2, 0) is 18.3 Å². The van der Waals surface area contributed by atoms with Crippen LogP contribution in [-0.4, -0.2) is 33.7 Å². The van der Waals surface area contributed by atoms with Gasteiger partial charge < -0.3 is 18.9 Å². The van der Waals surface area contributed by atoms with E-state index in [4.69, 9.17) is 9.47 Å². The molecular formula is C28H25N3O3. The predicted octanol–water partition coefficient (Wildman–Crippen LogP) is 5.13. The fraction of sp³-hybridized carbons (Fsp3) is 0.214. The first-order valence-corrected chi connectivity index (χ1v) is 11.5. The number of fused-ring (bicyclic) bond motifs is 3. The van der Waals surface area contributed by atoms with Crippen molar-refractivity contribution < 1.29 is 14.3 Å². The summed E-state index contributed by atoms with van der Waals surface area (Å²) in [5, 5.41) is 1.03. The zero-order valence-electron chi connectivity index (χ0n) is 19.2. The van der Waals surface area contributed by atoms with Gasteiger partial charge in [0, 0.05) is 36.8 Å². The number of carbonyl (C=O) groups is 1. The molecule has 170 valence electrons. The van der Waals surface area contributed by atoms with Gasteiger partial charge in [0.05, 0.1) is 11.7 Å². The summed E-state index contributed by atoms with van der Waals surface area (Å²) in [6.07, 6.45) is 6.23. The van der Waals surface area contributed by atoms with Crippen molar-refractivity contribution in [2.75, 3.05) is 13.3 Å². The average Bonchev–Trinajstić information content (AvgIpc) is 3.44. The lowest BCUT2D eigenvalue weighted by molar-refractivity contribution is -0.128. The Hall–Kier alpha value is -4.06. The summed E-state index contributed by atoms with van der Waals surface area (Å²) in [6.45, 7) is 2.99. The van der Waals surface area contributed by atoms with E-state index in [1.807, 2.05) is 48.4 Å². The summed E-state index contributed by atoms with van der Waals surface area (Å²) in [6, 6.07) is 18.3. The van der Waals surface area contributed by atoms with Crippen molar-refractivity contribution in [3.05, 3.63) is 83.6 Å². The fourth-order valence-electron chi connectivity index (χ4n) is 5.16. The molecule has 1 amide bonds. The number of ether oxygens (including phenoxy) is 2. The van der Waals surface area contributed by atoms with Crippen LogP contribution in [0.2, 0.25) is 0 Å². The predicted molar refractivity (Wildman–Crippen MR) is 132 cm³/mol. The molecule has 0 saturated carbocycles. The quantitative estimate of drug-likeness (QED) is 0.405. The maximum atomic E-state index is 13.4. The molecule has 0 aliphatic carbocycles.